The normalized spacial score (nSPS) is 14.5. The molecule has 0 radical (unpaired) electrons. The Morgan fingerprint density at radius 1 is 0.424 bits per heavy atom. The average molecular weight is 1200 g/mol. The van der Waals surface area contributed by atoms with Gasteiger partial charge >= 0.3 is 13.8 Å². The van der Waals surface area contributed by atoms with Crippen LogP contribution in [0, 0.1) is 0 Å². The van der Waals surface area contributed by atoms with Crippen LogP contribution in [-0.4, -0.2) is 74.3 Å². The van der Waals surface area contributed by atoms with E-state index in [2.05, 4.69) is 160 Å². The fourth-order valence-corrected chi connectivity index (χ4v) is 9.82. The molecule has 3 unspecified atom stereocenters. The molecule has 0 saturated heterocycles. The number of allylic oxidation sites excluding steroid dienone is 23. The number of phosphoric acid groups is 1. The van der Waals surface area contributed by atoms with E-state index in [0.29, 0.717) is 30.3 Å². The van der Waals surface area contributed by atoms with Crippen LogP contribution >= 0.6 is 7.82 Å². The summed E-state index contributed by atoms with van der Waals surface area (Å²) in [6.45, 7) is 6.75. The Bertz CT molecular complexity index is 1960. The van der Waals surface area contributed by atoms with Crippen LogP contribution in [0.5, 0.6) is 0 Å². The van der Waals surface area contributed by atoms with Crippen molar-refractivity contribution in [3.63, 3.8) is 0 Å². The molecular weight excluding hydrogens is 1070 g/mol. The Labute approximate surface area is 523 Å². The molecule has 0 aromatic rings. The van der Waals surface area contributed by atoms with Crippen LogP contribution in [0.3, 0.4) is 0 Å². The molecule has 0 spiro atoms. The van der Waals surface area contributed by atoms with Crippen molar-refractivity contribution in [2.75, 3.05) is 40.9 Å². The van der Waals surface area contributed by atoms with Gasteiger partial charge in [0.05, 0.1) is 33.8 Å². The third-order valence-corrected chi connectivity index (χ3v) is 15.3. The molecule has 1 amide bonds. The molecule has 0 bridgehead atoms. The third kappa shape index (κ3) is 64.2. The van der Waals surface area contributed by atoms with E-state index in [9.17, 15) is 19.0 Å². The van der Waals surface area contributed by atoms with Crippen molar-refractivity contribution in [2.24, 2.45) is 0 Å². The number of nitrogens with zero attached hydrogens (tertiary/aromatic N) is 1. The number of hydrogen-bond donors (Lipinski definition) is 2. The van der Waals surface area contributed by atoms with Gasteiger partial charge < -0.3 is 19.4 Å². The molecule has 0 aromatic heterocycles. The van der Waals surface area contributed by atoms with Gasteiger partial charge in [0, 0.05) is 12.8 Å². The number of amides is 1. The molecule has 0 aliphatic heterocycles. The van der Waals surface area contributed by atoms with Gasteiger partial charge in [-0.05, 0) is 128 Å². The maximum absolute atomic E-state index is 13.6. The number of likely N-dealkylation sites (N-methyl/N-ethyl adjacent to an activating group) is 1. The van der Waals surface area contributed by atoms with Crippen LogP contribution in [-0.2, 0) is 27.9 Å². The lowest BCUT2D eigenvalue weighted by Crippen LogP contribution is -2.47. The lowest BCUT2D eigenvalue weighted by molar-refractivity contribution is -0.870. The number of ether oxygens (including phenoxy) is 1. The first kappa shape index (κ1) is 80.9. The summed E-state index contributed by atoms with van der Waals surface area (Å²) >= 11 is 0. The van der Waals surface area contributed by atoms with Gasteiger partial charge in [0.15, 0.2) is 0 Å². The second kappa shape index (κ2) is 62.9. The van der Waals surface area contributed by atoms with Crippen LogP contribution in [0.15, 0.2) is 146 Å². The predicted octanol–water partition coefficient (Wildman–Crippen LogP) is 21.8. The Morgan fingerprint density at radius 2 is 0.753 bits per heavy atom. The molecule has 484 valence electrons. The first-order chi connectivity index (χ1) is 41.4. The summed E-state index contributed by atoms with van der Waals surface area (Å²) in [5.74, 6) is -0.555. The zero-order valence-electron chi connectivity index (χ0n) is 55.3. The Kier molecular flexibility index (Phi) is 59.9. The van der Waals surface area contributed by atoms with Gasteiger partial charge in [-0.3, -0.25) is 18.6 Å². The highest BCUT2D eigenvalue weighted by Crippen LogP contribution is 2.43. The highest BCUT2D eigenvalue weighted by Gasteiger charge is 2.30. The minimum atomic E-state index is -4.48. The first-order valence-corrected chi connectivity index (χ1v) is 35.7. The van der Waals surface area contributed by atoms with Crippen LogP contribution in [0.2, 0.25) is 0 Å². The summed E-state index contributed by atoms with van der Waals surface area (Å²) in [6, 6.07) is -0.879. The number of carbonyl (C=O) groups excluding carboxylic acids is 2. The van der Waals surface area contributed by atoms with Gasteiger partial charge in [-0.15, -0.1) is 0 Å². The van der Waals surface area contributed by atoms with Crippen molar-refractivity contribution in [3.05, 3.63) is 146 Å². The summed E-state index contributed by atoms with van der Waals surface area (Å²) in [7, 11) is 1.45. The molecule has 9 nitrogen and oxygen atoms in total. The lowest BCUT2D eigenvalue weighted by Gasteiger charge is -2.27. The van der Waals surface area contributed by atoms with Crippen molar-refractivity contribution >= 4 is 19.7 Å². The highest BCUT2D eigenvalue weighted by atomic mass is 31.2. The second-order valence-electron chi connectivity index (χ2n) is 23.6. The SMILES string of the molecule is CC/C=C\C/C=C\C/C=C\C/C=C\C/C=C\C/C=C\CCCCCCC(=O)NC(COP(=O)(O)OCC[N+](C)(C)C)C(/C=C/CCCCCCCCCCCCC)OC(=O)CCCCCCCCC/C=C\C/C=C\C/C=C\C/C=C\C/C=C\CC. The van der Waals surface area contributed by atoms with E-state index in [1.807, 2.05) is 33.3 Å². The minimum Gasteiger partial charge on any atom is -0.456 e. The van der Waals surface area contributed by atoms with Crippen LogP contribution < -0.4 is 5.32 Å². The Balaban J connectivity index is 5.27. The maximum Gasteiger partial charge on any atom is 0.472 e. The van der Waals surface area contributed by atoms with E-state index in [-0.39, 0.29) is 31.5 Å². The molecule has 3 atom stereocenters. The molecule has 0 saturated carbocycles. The Morgan fingerprint density at radius 3 is 1.13 bits per heavy atom. The molecule has 0 aliphatic rings. The van der Waals surface area contributed by atoms with Gasteiger partial charge in [-0.25, -0.2) is 4.57 Å². The largest absolute Gasteiger partial charge is 0.472 e. The zero-order valence-corrected chi connectivity index (χ0v) is 56.2. The molecule has 0 rings (SSSR count). The number of carbonyl (C=O) groups is 2. The number of rotatable bonds is 60. The van der Waals surface area contributed by atoms with Crippen molar-refractivity contribution in [1.29, 1.82) is 0 Å². The summed E-state index contributed by atoms with van der Waals surface area (Å²) in [5.41, 5.74) is 0. The van der Waals surface area contributed by atoms with E-state index in [1.54, 1.807) is 0 Å². The second-order valence-corrected chi connectivity index (χ2v) is 25.0. The molecule has 0 aromatic carbocycles. The van der Waals surface area contributed by atoms with E-state index in [1.165, 1.54) is 77.0 Å². The van der Waals surface area contributed by atoms with Gasteiger partial charge in [0.2, 0.25) is 5.91 Å². The zero-order chi connectivity index (χ0) is 62.1. The summed E-state index contributed by atoms with van der Waals surface area (Å²) in [6.07, 6.45) is 91.3. The summed E-state index contributed by atoms with van der Waals surface area (Å²) in [5, 5.41) is 3.05. The van der Waals surface area contributed by atoms with Crippen LogP contribution in [0.25, 0.3) is 0 Å². The number of hydrogen-bond acceptors (Lipinski definition) is 6. The van der Waals surface area contributed by atoms with Gasteiger partial charge in [0.1, 0.15) is 19.3 Å². The van der Waals surface area contributed by atoms with E-state index in [4.69, 9.17) is 13.8 Å². The predicted molar refractivity (Wildman–Crippen MR) is 369 cm³/mol. The first-order valence-electron chi connectivity index (χ1n) is 34.2. The molecule has 0 aliphatic carbocycles. The smallest absolute Gasteiger partial charge is 0.456 e. The van der Waals surface area contributed by atoms with Crippen LogP contribution in [0.4, 0.5) is 0 Å². The van der Waals surface area contributed by atoms with Gasteiger partial charge in [0.25, 0.3) is 0 Å². The molecule has 2 N–H and O–H groups in total. The quantitative estimate of drug-likeness (QED) is 0.0205. The third-order valence-electron chi connectivity index (χ3n) is 14.3. The van der Waals surface area contributed by atoms with Crippen molar-refractivity contribution in [1.82, 2.24) is 5.32 Å². The topological polar surface area (TPSA) is 111 Å². The molecule has 0 fully saturated rings. The van der Waals surface area contributed by atoms with E-state index < -0.39 is 20.0 Å². The number of quaternary nitrogens is 1. The number of esters is 1. The minimum absolute atomic E-state index is 0.0246. The highest BCUT2D eigenvalue weighted by molar-refractivity contribution is 7.47. The fourth-order valence-electron chi connectivity index (χ4n) is 9.09. The van der Waals surface area contributed by atoms with Gasteiger partial charge in [-0.2, -0.15) is 0 Å². The fraction of sp³-hybridized carbons (Fsp3) is 0.653. The standard InChI is InChI=1S/C75H127N2O7P/c1-7-10-13-16-19-22-25-28-30-32-34-36-38-40-42-44-46-49-52-55-58-61-64-67-74(78)76-72(71-83-85(80,81)82-70-69-77(4,5)6)73(66-63-60-57-54-51-48-27-24-21-18-15-12-9-3)84-75(79)68-65-62-59-56-53-50-47-45-43-41-39-37-35-33-31-29-26-23-20-17-14-11-8-2/h10-11,13-14,19-20,22-23,28-31,34-37,40-43,46,49,63,66,72-73H,7-9,12,15-18,21,24-27,32-33,38-39,44-45,47-48,50-62,64-65,67-71H2,1-6H3,(H-,76,78,80,81)/p+1/b13-10-,14-11-,22-19-,23-20-,30-28-,31-29-,36-34-,37-35-,42-40-,43-41-,49-46-,66-63+. The maximum atomic E-state index is 13.6. The average Bonchev–Trinajstić information content (AvgIpc) is 3.52. The molecule has 10 heteroatoms. The van der Waals surface area contributed by atoms with E-state index >= 15 is 0 Å². The van der Waals surface area contributed by atoms with Crippen LogP contribution in [0.1, 0.15) is 265 Å². The number of phosphoric ester groups is 1. The van der Waals surface area contributed by atoms with Crippen molar-refractivity contribution < 1.29 is 37.3 Å². The Hall–Kier alpha value is -4.11. The molecule has 85 heavy (non-hydrogen) atoms. The summed E-state index contributed by atoms with van der Waals surface area (Å²) < 4.78 is 30.8. The van der Waals surface area contributed by atoms with Crippen molar-refractivity contribution in [3.8, 4) is 0 Å². The van der Waals surface area contributed by atoms with E-state index in [0.717, 1.165) is 141 Å². The van der Waals surface area contributed by atoms with Crippen molar-refractivity contribution in [2.45, 2.75) is 277 Å². The number of unbranched alkanes of at least 4 members (excludes halogenated alkanes) is 22. The molecule has 0 heterocycles. The monoisotopic (exact) mass is 1200 g/mol. The molecular formula is C75H128N2O7P+. The number of nitrogens with one attached hydrogen (secondary N) is 1. The summed E-state index contributed by atoms with van der Waals surface area (Å²) in [4.78, 5) is 37.9. The van der Waals surface area contributed by atoms with Gasteiger partial charge in [-0.1, -0.05) is 270 Å². The lowest BCUT2D eigenvalue weighted by atomic mass is 10.0.